The molecular weight excluding hydrogens is 392 g/mol. The molecule has 0 fully saturated rings. The highest BCUT2D eigenvalue weighted by Gasteiger charge is 2.16. The van der Waals surface area contributed by atoms with Crippen molar-refractivity contribution in [1.82, 2.24) is 15.1 Å². The molecule has 0 spiro atoms. The standard InChI is InChI=1S/C24H18N4O3/c25-15-17-7-1-2-9-19(17)20-10-3-4-11-21(20)24(29)30-14-6-12-22-27-23(28-31-22)18-8-5-13-26-16-18/h1-5,7-11,13,16H,6,12,14H2. The van der Waals surface area contributed by atoms with Crippen LogP contribution in [-0.4, -0.2) is 27.7 Å². The van der Waals surface area contributed by atoms with Gasteiger partial charge in [0.1, 0.15) is 0 Å². The molecule has 7 heteroatoms. The minimum Gasteiger partial charge on any atom is -0.462 e. The van der Waals surface area contributed by atoms with E-state index in [1.807, 2.05) is 30.3 Å². The summed E-state index contributed by atoms with van der Waals surface area (Å²) in [6, 6.07) is 20.1. The molecule has 4 aromatic rings. The number of aryl methyl sites for hydroxylation is 1. The summed E-state index contributed by atoms with van der Waals surface area (Å²) in [6.45, 7) is 0.206. The third-order valence-corrected chi connectivity index (χ3v) is 4.64. The van der Waals surface area contributed by atoms with E-state index >= 15 is 0 Å². The number of aromatic nitrogens is 3. The summed E-state index contributed by atoms with van der Waals surface area (Å²) in [5.74, 6) is 0.508. The smallest absolute Gasteiger partial charge is 0.338 e. The lowest BCUT2D eigenvalue weighted by molar-refractivity contribution is 0.0499. The highest BCUT2D eigenvalue weighted by Crippen LogP contribution is 2.27. The first-order valence-electron chi connectivity index (χ1n) is 9.75. The first-order valence-corrected chi connectivity index (χ1v) is 9.75. The molecule has 0 aliphatic rings. The molecule has 0 atom stereocenters. The van der Waals surface area contributed by atoms with Gasteiger partial charge in [-0.1, -0.05) is 41.6 Å². The second-order valence-corrected chi connectivity index (χ2v) is 6.70. The number of hydrogen-bond donors (Lipinski definition) is 0. The number of rotatable bonds is 7. The van der Waals surface area contributed by atoms with Gasteiger partial charge in [-0.25, -0.2) is 4.79 Å². The zero-order valence-electron chi connectivity index (χ0n) is 16.6. The highest BCUT2D eigenvalue weighted by atomic mass is 16.5. The van der Waals surface area contributed by atoms with Gasteiger partial charge in [-0.2, -0.15) is 10.2 Å². The minimum atomic E-state index is -0.440. The van der Waals surface area contributed by atoms with Crippen molar-refractivity contribution in [3.8, 4) is 28.6 Å². The topological polar surface area (TPSA) is 102 Å². The van der Waals surface area contributed by atoms with E-state index in [-0.39, 0.29) is 6.61 Å². The van der Waals surface area contributed by atoms with Crippen molar-refractivity contribution in [2.45, 2.75) is 12.8 Å². The van der Waals surface area contributed by atoms with Gasteiger partial charge in [0, 0.05) is 29.9 Å². The lowest BCUT2D eigenvalue weighted by atomic mass is 9.96. The normalized spacial score (nSPS) is 10.4. The molecule has 31 heavy (non-hydrogen) atoms. The van der Waals surface area contributed by atoms with Gasteiger partial charge in [-0.3, -0.25) is 4.98 Å². The van der Waals surface area contributed by atoms with Crippen LogP contribution in [0.5, 0.6) is 0 Å². The van der Waals surface area contributed by atoms with E-state index in [1.54, 1.807) is 42.7 Å². The molecule has 2 aromatic carbocycles. The predicted molar refractivity (Wildman–Crippen MR) is 113 cm³/mol. The second-order valence-electron chi connectivity index (χ2n) is 6.70. The summed E-state index contributed by atoms with van der Waals surface area (Å²) in [7, 11) is 0. The van der Waals surface area contributed by atoms with Crippen molar-refractivity contribution in [2.75, 3.05) is 6.61 Å². The Kier molecular flexibility index (Phi) is 6.10. The molecule has 4 rings (SSSR count). The van der Waals surface area contributed by atoms with Crippen LogP contribution in [0.1, 0.15) is 28.2 Å². The maximum Gasteiger partial charge on any atom is 0.338 e. The maximum atomic E-state index is 12.7. The van der Waals surface area contributed by atoms with Crippen LogP contribution in [0, 0.1) is 11.3 Å². The number of benzene rings is 2. The molecular formula is C24H18N4O3. The second kappa shape index (κ2) is 9.46. The minimum absolute atomic E-state index is 0.206. The number of carbonyl (C=O) groups excluding carboxylic acids is 1. The molecule has 0 aliphatic carbocycles. The van der Waals surface area contributed by atoms with Gasteiger partial charge in [-0.15, -0.1) is 0 Å². The molecule has 0 aliphatic heterocycles. The van der Waals surface area contributed by atoms with E-state index in [2.05, 4.69) is 21.2 Å². The van der Waals surface area contributed by atoms with E-state index < -0.39 is 5.97 Å². The van der Waals surface area contributed by atoms with Crippen LogP contribution in [0.3, 0.4) is 0 Å². The van der Waals surface area contributed by atoms with Crippen LogP contribution in [0.2, 0.25) is 0 Å². The maximum absolute atomic E-state index is 12.7. The van der Waals surface area contributed by atoms with Crippen molar-refractivity contribution >= 4 is 5.97 Å². The SMILES string of the molecule is N#Cc1ccccc1-c1ccccc1C(=O)OCCCc1nc(-c2cccnc2)no1. The zero-order valence-corrected chi connectivity index (χ0v) is 16.6. The van der Waals surface area contributed by atoms with Gasteiger partial charge in [0.15, 0.2) is 0 Å². The number of carbonyl (C=O) groups is 1. The molecule has 0 unspecified atom stereocenters. The molecule has 0 amide bonds. The van der Waals surface area contributed by atoms with Gasteiger partial charge in [0.2, 0.25) is 11.7 Å². The number of ether oxygens (including phenoxy) is 1. The first-order chi connectivity index (χ1) is 15.3. The predicted octanol–water partition coefficient (Wildman–Crippen LogP) is 4.46. The fraction of sp³-hybridized carbons (Fsp3) is 0.125. The summed E-state index contributed by atoms with van der Waals surface area (Å²) in [5.41, 5.74) is 3.07. The molecule has 2 heterocycles. The summed E-state index contributed by atoms with van der Waals surface area (Å²) in [6.07, 6.45) is 4.37. The Morgan fingerprint density at radius 2 is 1.84 bits per heavy atom. The van der Waals surface area contributed by atoms with E-state index in [4.69, 9.17) is 9.26 Å². The lowest BCUT2D eigenvalue weighted by Crippen LogP contribution is -2.09. The lowest BCUT2D eigenvalue weighted by Gasteiger charge is -2.10. The Bertz CT molecular complexity index is 1230. The fourth-order valence-electron chi connectivity index (χ4n) is 3.15. The average Bonchev–Trinajstić information content (AvgIpc) is 3.31. The summed E-state index contributed by atoms with van der Waals surface area (Å²) in [4.78, 5) is 21.1. The molecule has 2 aromatic heterocycles. The van der Waals surface area contributed by atoms with Crippen LogP contribution >= 0.6 is 0 Å². The van der Waals surface area contributed by atoms with Crippen molar-refractivity contribution in [3.05, 3.63) is 90.1 Å². The van der Waals surface area contributed by atoms with Crippen LogP contribution in [-0.2, 0) is 11.2 Å². The van der Waals surface area contributed by atoms with Crippen molar-refractivity contribution in [1.29, 1.82) is 5.26 Å². The third kappa shape index (κ3) is 4.65. The van der Waals surface area contributed by atoms with Gasteiger partial charge < -0.3 is 9.26 Å². The molecule has 0 bridgehead atoms. The van der Waals surface area contributed by atoms with E-state index in [0.29, 0.717) is 46.8 Å². The van der Waals surface area contributed by atoms with Gasteiger partial charge >= 0.3 is 5.97 Å². The fourth-order valence-corrected chi connectivity index (χ4v) is 3.15. The van der Waals surface area contributed by atoms with Crippen LogP contribution in [0.15, 0.2) is 77.6 Å². The number of nitrogens with zero attached hydrogens (tertiary/aromatic N) is 4. The van der Waals surface area contributed by atoms with Crippen LogP contribution < -0.4 is 0 Å². The van der Waals surface area contributed by atoms with Crippen LogP contribution in [0.4, 0.5) is 0 Å². The Morgan fingerprint density at radius 1 is 1.03 bits per heavy atom. The van der Waals surface area contributed by atoms with Gasteiger partial charge in [0.25, 0.3) is 0 Å². The van der Waals surface area contributed by atoms with Gasteiger partial charge in [0.05, 0.1) is 23.8 Å². The Hall–Kier alpha value is -4.31. The molecule has 152 valence electrons. The highest BCUT2D eigenvalue weighted by molar-refractivity contribution is 5.98. The molecule has 0 saturated carbocycles. The monoisotopic (exact) mass is 410 g/mol. The summed E-state index contributed by atoms with van der Waals surface area (Å²) >= 11 is 0. The molecule has 7 nitrogen and oxygen atoms in total. The Labute approximate surface area is 178 Å². The number of pyridine rings is 1. The first kappa shape index (κ1) is 20.0. The third-order valence-electron chi connectivity index (χ3n) is 4.64. The quantitative estimate of drug-likeness (QED) is 0.327. The molecule has 0 N–H and O–H groups in total. The van der Waals surface area contributed by atoms with E-state index in [0.717, 1.165) is 5.56 Å². The molecule has 0 saturated heterocycles. The Balaban J connectivity index is 1.37. The Morgan fingerprint density at radius 3 is 2.65 bits per heavy atom. The van der Waals surface area contributed by atoms with Crippen LogP contribution in [0.25, 0.3) is 22.5 Å². The van der Waals surface area contributed by atoms with Gasteiger partial charge in [-0.05, 0) is 36.2 Å². The number of hydrogen-bond acceptors (Lipinski definition) is 7. The average molecular weight is 410 g/mol. The van der Waals surface area contributed by atoms with Crippen molar-refractivity contribution in [2.24, 2.45) is 0 Å². The summed E-state index contributed by atoms with van der Waals surface area (Å²) < 4.78 is 10.7. The van der Waals surface area contributed by atoms with E-state index in [1.165, 1.54) is 0 Å². The zero-order chi connectivity index (χ0) is 21.5. The van der Waals surface area contributed by atoms with E-state index in [9.17, 15) is 10.1 Å². The largest absolute Gasteiger partial charge is 0.462 e. The molecule has 0 radical (unpaired) electrons. The summed E-state index contributed by atoms with van der Waals surface area (Å²) in [5, 5.41) is 13.3. The number of nitriles is 1. The number of esters is 1. The van der Waals surface area contributed by atoms with Crippen molar-refractivity contribution < 1.29 is 14.1 Å². The van der Waals surface area contributed by atoms with Crippen molar-refractivity contribution in [3.63, 3.8) is 0 Å².